The van der Waals surface area contributed by atoms with Gasteiger partial charge in [-0.15, -0.1) is 0 Å². The van der Waals surface area contributed by atoms with Crippen molar-refractivity contribution < 1.29 is 13.9 Å². The highest BCUT2D eigenvalue weighted by Crippen LogP contribution is 2.26. The van der Waals surface area contributed by atoms with E-state index in [1.165, 1.54) is 6.92 Å². The monoisotopic (exact) mass is 378 g/mol. The summed E-state index contributed by atoms with van der Waals surface area (Å²) in [6.45, 7) is 0.953. The smallest absolute Gasteiger partial charge is 0.264 e. The van der Waals surface area contributed by atoms with Crippen LogP contribution in [-0.2, 0) is 0 Å². The number of alkyl halides is 2. The molecule has 5 nitrogen and oxygen atoms in total. The van der Waals surface area contributed by atoms with Crippen molar-refractivity contribution >= 4 is 27.7 Å². The molecule has 0 bridgehead atoms. The van der Waals surface area contributed by atoms with Crippen molar-refractivity contribution in [3.63, 3.8) is 0 Å². The molecule has 22 heavy (non-hydrogen) atoms. The molecule has 8 heteroatoms. The summed E-state index contributed by atoms with van der Waals surface area (Å²) in [6, 6.07) is 0.222. The van der Waals surface area contributed by atoms with Crippen molar-refractivity contribution in [3.05, 3.63) is 10.7 Å². The fourth-order valence-electron chi connectivity index (χ4n) is 2.30. The van der Waals surface area contributed by atoms with Gasteiger partial charge in [-0.3, -0.25) is 0 Å². The zero-order valence-corrected chi connectivity index (χ0v) is 14.0. The molecule has 1 heterocycles. The minimum atomic E-state index is -2.77. The fraction of sp³-hybridized carbons (Fsp3) is 0.714. The summed E-state index contributed by atoms with van der Waals surface area (Å²) in [5.74, 6) is -2.02. The summed E-state index contributed by atoms with van der Waals surface area (Å²) in [4.78, 5) is 8.25. The molecule has 1 aromatic rings. The highest BCUT2D eigenvalue weighted by Gasteiger charge is 2.26. The Balaban J connectivity index is 1.97. The molecule has 0 aliphatic heterocycles. The second-order valence-corrected chi connectivity index (χ2v) is 6.46. The number of aromatic nitrogens is 2. The van der Waals surface area contributed by atoms with Gasteiger partial charge in [-0.05, 0) is 41.6 Å². The van der Waals surface area contributed by atoms with Gasteiger partial charge in [0.25, 0.3) is 5.92 Å². The average molecular weight is 379 g/mol. The van der Waals surface area contributed by atoms with Gasteiger partial charge in [-0.1, -0.05) is 6.92 Å². The predicted octanol–water partition coefficient (Wildman–Crippen LogP) is 3.41. The number of nitrogens with one attached hydrogen (secondary N) is 2. The minimum Gasteiger partial charge on any atom is -0.393 e. The molecule has 1 aliphatic rings. The summed E-state index contributed by atoms with van der Waals surface area (Å²) in [5, 5.41) is 15.4. The second kappa shape index (κ2) is 7.50. The number of halogens is 3. The normalized spacial score (nSPS) is 22.4. The first kappa shape index (κ1) is 17.3. The van der Waals surface area contributed by atoms with E-state index in [4.69, 9.17) is 0 Å². The van der Waals surface area contributed by atoms with Crippen LogP contribution in [0.1, 0.15) is 39.0 Å². The van der Waals surface area contributed by atoms with Crippen LogP contribution in [0, 0.1) is 0 Å². The Bertz CT molecular complexity index is 496. The molecule has 1 saturated carbocycles. The summed E-state index contributed by atoms with van der Waals surface area (Å²) in [5.41, 5.74) is 0. The highest BCUT2D eigenvalue weighted by atomic mass is 79.9. The average Bonchev–Trinajstić information content (AvgIpc) is 2.50. The number of anilines is 2. The van der Waals surface area contributed by atoms with Gasteiger partial charge in [0.2, 0.25) is 5.95 Å². The van der Waals surface area contributed by atoms with Crippen LogP contribution in [0.5, 0.6) is 0 Å². The first-order valence-corrected chi connectivity index (χ1v) is 8.28. The van der Waals surface area contributed by atoms with Gasteiger partial charge in [-0.25, -0.2) is 13.8 Å². The van der Waals surface area contributed by atoms with Crippen molar-refractivity contribution in [1.82, 2.24) is 9.97 Å². The molecule has 0 aromatic carbocycles. The molecular formula is C14H21BrF2N4O. The van der Waals surface area contributed by atoms with Gasteiger partial charge in [0.15, 0.2) is 0 Å². The number of nitrogens with zero attached hydrogens (tertiary/aromatic N) is 2. The summed E-state index contributed by atoms with van der Waals surface area (Å²) < 4.78 is 27.2. The zero-order chi connectivity index (χ0) is 16.2. The molecule has 124 valence electrons. The van der Waals surface area contributed by atoms with Gasteiger partial charge in [0.1, 0.15) is 5.82 Å². The number of hydrogen-bond donors (Lipinski definition) is 3. The quantitative estimate of drug-likeness (QED) is 0.707. The molecule has 0 saturated heterocycles. The van der Waals surface area contributed by atoms with Crippen LogP contribution in [-0.4, -0.2) is 39.7 Å². The first-order chi connectivity index (χ1) is 10.4. The maximum Gasteiger partial charge on any atom is 0.264 e. The molecule has 1 aliphatic carbocycles. The summed E-state index contributed by atoms with van der Waals surface area (Å²) in [7, 11) is 0. The molecule has 3 N–H and O–H groups in total. The van der Waals surface area contributed by atoms with E-state index in [-0.39, 0.29) is 24.5 Å². The van der Waals surface area contributed by atoms with E-state index in [9.17, 15) is 13.9 Å². The van der Waals surface area contributed by atoms with Crippen LogP contribution >= 0.6 is 15.9 Å². The van der Waals surface area contributed by atoms with Crippen molar-refractivity contribution in [3.8, 4) is 0 Å². The van der Waals surface area contributed by atoms with Gasteiger partial charge in [0.05, 0.1) is 17.1 Å². The van der Waals surface area contributed by atoms with Crippen LogP contribution in [0.15, 0.2) is 10.7 Å². The van der Waals surface area contributed by atoms with E-state index < -0.39 is 12.5 Å². The lowest BCUT2D eigenvalue weighted by Crippen LogP contribution is -2.29. The molecule has 0 radical (unpaired) electrons. The Morgan fingerprint density at radius 2 is 2.05 bits per heavy atom. The molecule has 0 atom stereocenters. The lowest BCUT2D eigenvalue weighted by Gasteiger charge is -2.27. The zero-order valence-electron chi connectivity index (χ0n) is 12.5. The third-order valence-electron chi connectivity index (χ3n) is 3.80. The number of aliphatic hydroxyl groups excluding tert-OH is 1. The third kappa shape index (κ3) is 5.01. The van der Waals surface area contributed by atoms with Crippen LogP contribution in [0.4, 0.5) is 20.5 Å². The van der Waals surface area contributed by atoms with Gasteiger partial charge >= 0.3 is 0 Å². The SMILES string of the molecule is CCC(F)(F)CNc1ncc(Br)c(NC2CCC(O)CC2)n1. The predicted molar refractivity (Wildman–Crippen MR) is 85.3 cm³/mol. The second-order valence-electron chi connectivity index (χ2n) is 5.60. The number of rotatable bonds is 6. The largest absolute Gasteiger partial charge is 0.393 e. The fourth-order valence-corrected chi connectivity index (χ4v) is 2.61. The van der Waals surface area contributed by atoms with E-state index in [2.05, 4.69) is 36.5 Å². The Morgan fingerprint density at radius 3 is 2.68 bits per heavy atom. The van der Waals surface area contributed by atoms with Crippen LogP contribution in [0.3, 0.4) is 0 Å². The molecule has 0 amide bonds. The van der Waals surface area contributed by atoms with E-state index in [0.717, 1.165) is 25.7 Å². The molecule has 1 aromatic heterocycles. The molecule has 0 unspecified atom stereocenters. The Morgan fingerprint density at radius 1 is 1.36 bits per heavy atom. The van der Waals surface area contributed by atoms with Crippen molar-refractivity contribution in [2.24, 2.45) is 0 Å². The molecule has 2 rings (SSSR count). The van der Waals surface area contributed by atoms with Crippen LogP contribution in [0.25, 0.3) is 0 Å². The summed E-state index contributed by atoms with van der Waals surface area (Å²) >= 11 is 3.36. The van der Waals surface area contributed by atoms with Crippen LogP contribution in [0.2, 0.25) is 0 Å². The Kier molecular flexibility index (Phi) is 5.91. The first-order valence-electron chi connectivity index (χ1n) is 7.48. The van der Waals surface area contributed by atoms with E-state index in [1.807, 2.05) is 0 Å². The molecular weight excluding hydrogens is 358 g/mol. The third-order valence-corrected chi connectivity index (χ3v) is 4.38. The maximum atomic E-state index is 13.3. The van der Waals surface area contributed by atoms with Gasteiger partial charge in [-0.2, -0.15) is 4.98 Å². The lowest BCUT2D eigenvalue weighted by molar-refractivity contribution is 0.0114. The Hall–Kier alpha value is -1.02. The van der Waals surface area contributed by atoms with Gasteiger partial charge < -0.3 is 15.7 Å². The maximum absolute atomic E-state index is 13.3. The minimum absolute atomic E-state index is 0.176. The number of aliphatic hydroxyl groups is 1. The van der Waals surface area contributed by atoms with E-state index in [0.29, 0.717) is 10.3 Å². The molecule has 1 fully saturated rings. The lowest BCUT2D eigenvalue weighted by atomic mass is 9.93. The number of hydrogen-bond acceptors (Lipinski definition) is 5. The molecule has 0 spiro atoms. The van der Waals surface area contributed by atoms with E-state index >= 15 is 0 Å². The standard InChI is InChI=1S/C14H21BrF2N4O/c1-2-14(16,17)8-19-13-18-7-11(15)12(21-13)20-9-3-5-10(22)6-4-9/h7,9-10,22H,2-6,8H2,1H3,(H2,18,19,20,21). The van der Waals surface area contributed by atoms with Crippen molar-refractivity contribution in [2.75, 3.05) is 17.2 Å². The van der Waals surface area contributed by atoms with Crippen molar-refractivity contribution in [2.45, 2.75) is 57.1 Å². The van der Waals surface area contributed by atoms with E-state index in [1.54, 1.807) is 6.20 Å². The van der Waals surface area contributed by atoms with Crippen LogP contribution < -0.4 is 10.6 Å². The Labute approximate surface area is 137 Å². The topological polar surface area (TPSA) is 70.1 Å². The van der Waals surface area contributed by atoms with Crippen molar-refractivity contribution in [1.29, 1.82) is 0 Å². The summed E-state index contributed by atoms with van der Waals surface area (Å²) in [6.07, 6.45) is 4.32. The highest BCUT2D eigenvalue weighted by molar-refractivity contribution is 9.10. The van der Waals surface area contributed by atoms with Gasteiger partial charge in [0, 0.05) is 18.7 Å².